The van der Waals surface area contributed by atoms with E-state index in [4.69, 9.17) is 4.52 Å². The number of hydrogen-bond acceptors (Lipinski definition) is 4. The molecule has 1 atom stereocenters. The number of aryl methyl sites for hydroxylation is 2. The van der Waals surface area contributed by atoms with Gasteiger partial charge < -0.3 is 9.42 Å². The van der Waals surface area contributed by atoms with Gasteiger partial charge in [-0.1, -0.05) is 12.1 Å². The SMILES string of the molecule is CCC(=O)N1CCCCC1c1nn(C)cc1-c1onc(C)c1C. The number of carbonyl (C=O) groups is 1. The molecule has 6 heteroatoms. The molecule has 124 valence electrons. The third kappa shape index (κ3) is 2.78. The van der Waals surface area contributed by atoms with E-state index in [-0.39, 0.29) is 11.9 Å². The summed E-state index contributed by atoms with van der Waals surface area (Å²) in [6.45, 7) is 6.67. The predicted octanol–water partition coefficient (Wildman–Crippen LogP) is 3.16. The summed E-state index contributed by atoms with van der Waals surface area (Å²) in [4.78, 5) is 14.3. The minimum Gasteiger partial charge on any atom is -0.356 e. The van der Waals surface area contributed by atoms with Crippen molar-refractivity contribution < 1.29 is 9.32 Å². The summed E-state index contributed by atoms with van der Waals surface area (Å²) in [5.41, 5.74) is 3.79. The molecular formula is C17H24N4O2. The molecule has 23 heavy (non-hydrogen) atoms. The summed E-state index contributed by atoms with van der Waals surface area (Å²) in [6.07, 6.45) is 5.61. The van der Waals surface area contributed by atoms with Crippen LogP contribution in [0, 0.1) is 13.8 Å². The molecule has 1 saturated heterocycles. The first kappa shape index (κ1) is 15.8. The first-order chi connectivity index (χ1) is 11.0. The van der Waals surface area contributed by atoms with Crippen LogP contribution >= 0.6 is 0 Å². The average molecular weight is 316 g/mol. The van der Waals surface area contributed by atoms with Gasteiger partial charge in [-0.05, 0) is 33.1 Å². The van der Waals surface area contributed by atoms with E-state index in [1.165, 1.54) is 0 Å². The van der Waals surface area contributed by atoms with Gasteiger partial charge in [-0.2, -0.15) is 5.10 Å². The van der Waals surface area contributed by atoms with Crippen molar-refractivity contribution in [3.63, 3.8) is 0 Å². The lowest BCUT2D eigenvalue weighted by Gasteiger charge is -2.35. The maximum atomic E-state index is 12.3. The fourth-order valence-corrected chi connectivity index (χ4v) is 3.31. The first-order valence-electron chi connectivity index (χ1n) is 8.29. The molecule has 3 rings (SSSR count). The fourth-order valence-electron chi connectivity index (χ4n) is 3.31. The van der Waals surface area contributed by atoms with Gasteiger partial charge in [-0.25, -0.2) is 0 Å². The van der Waals surface area contributed by atoms with E-state index in [2.05, 4.69) is 10.3 Å². The minimum atomic E-state index is 0.0252. The number of nitrogens with zero attached hydrogens (tertiary/aromatic N) is 4. The standard InChI is InChI=1S/C17H24N4O2/c1-5-15(22)21-9-7-6-8-14(21)16-13(10-20(4)18-16)17-11(2)12(3)19-23-17/h10,14H,5-9H2,1-4H3. The quantitative estimate of drug-likeness (QED) is 0.872. The van der Waals surface area contributed by atoms with E-state index in [9.17, 15) is 4.79 Å². The second-order valence-corrected chi connectivity index (χ2v) is 6.28. The van der Waals surface area contributed by atoms with E-state index >= 15 is 0 Å². The number of amides is 1. The number of hydrogen-bond donors (Lipinski definition) is 0. The summed E-state index contributed by atoms with van der Waals surface area (Å²) in [7, 11) is 1.90. The molecule has 1 aliphatic rings. The number of rotatable bonds is 3. The fraction of sp³-hybridized carbons (Fsp3) is 0.588. The van der Waals surface area contributed by atoms with Gasteiger partial charge in [0.15, 0.2) is 5.76 Å². The molecule has 0 radical (unpaired) electrons. The zero-order valence-corrected chi connectivity index (χ0v) is 14.3. The highest BCUT2D eigenvalue weighted by atomic mass is 16.5. The van der Waals surface area contributed by atoms with Gasteiger partial charge in [0, 0.05) is 31.8 Å². The molecule has 0 aromatic carbocycles. The van der Waals surface area contributed by atoms with Gasteiger partial charge in [0.1, 0.15) is 0 Å². The van der Waals surface area contributed by atoms with Gasteiger partial charge in [0.25, 0.3) is 0 Å². The molecule has 1 fully saturated rings. The van der Waals surface area contributed by atoms with Crippen LogP contribution in [0.15, 0.2) is 10.7 Å². The summed E-state index contributed by atoms with van der Waals surface area (Å²) in [6, 6.07) is 0.0252. The van der Waals surface area contributed by atoms with Crippen molar-refractivity contribution in [1.29, 1.82) is 0 Å². The van der Waals surface area contributed by atoms with Crippen molar-refractivity contribution in [1.82, 2.24) is 19.8 Å². The van der Waals surface area contributed by atoms with Crippen LogP contribution in [0.2, 0.25) is 0 Å². The van der Waals surface area contributed by atoms with Crippen molar-refractivity contribution >= 4 is 5.91 Å². The number of piperidine rings is 1. The maximum Gasteiger partial charge on any atom is 0.222 e. The van der Waals surface area contributed by atoms with Crippen LogP contribution in [-0.2, 0) is 11.8 Å². The molecule has 0 aliphatic carbocycles. The molecule has 1 unspecified atom stereocenters. The van der Waals surface area contributed by atoms with Gasteiger partial charge in [0.05, 0.1) is 23.0 Å². The smallest absolute Gasteiger partial charge is 0.222 e. The first-order valence-corrected chi connectivity index (χ1v) is 8.29. The summed E-state index contributed by atoms with van der Waals surface area (Å²) >= 11 is 0. The highest BCUT2D eigenvalue weighted by Crippen LogP contribution is 2.37. The summed E-state index contributed by atoms with van der Waals surface area (Å²) in [5, 5.41) is 8.73. The molecule has 0 N–H and O–H groups in total. The van der Waals surface area contributed by atoms with Crippen LogP contribution < -0.4 is 0 Å². The van der Waals surface area contributed by atoms with E-state index in [0.717, 1.165) is 54.1 Å². The lowest BCUT2D eigenvalue weighted by molar-refractivity contribution is -0.134. The van der Waals surface area contributed by atoms with Crippen LogP contribution in [0.4, 0.5) is 0 Å². The second kappa shape index (κ2) is 6.18. The lowest BCUT2D eigenvalue weighted by atomic mass is 9.95. The summed E-state index contributed by atoms with van der Waals surface area (Å²) < 4.78 is 7.34. The van der Waals surface area contributed by atoms with Crippen LogP contribution in [-0.4, -0.2) is 32.3 Å². The van der Waals surface area contributed by atoms with E-state index in [1.54, 1.807) is 4.68 Å². The van der Waals surface area contributed by atoms with Gasteiger partial charge in [0.2, 0.25) is 5.91 Å². The molecular weight excluding hydrogens is 292 g/mol. The molecule has 1 aliphatic heterocycles. The number of carbonyl (C=O) groups excluding carboxylic acids is 1. The second-order valence-electron chi connectivity index (χ2n) is 6.28. The van der Waals surface area contributed by atoms with E-state index in [1.807, 2.05) is 38.9 Å². The Morgan fingerprint density at radius 2 is 2.17 bits per heavy atom. The van der Waals surface area contributed by atoms with Gasteiger partial charge >= 0.3 is 0 Å². The Morgan fingerprint density at radius 3 is 2.83 bits per heavy atom. The number of aromatic nitrogens is 3. The third-order valence-corrected chi connectivity index (χ3v) is 4.70. The molecule has 0 spiro atoms. The molecule has 2 aromatic heterocycles. The van der Waals surface area contributed by atoms with E-state index < -0.39 is 0 Å². The molecule has 1 amide bonds. The molecule has 0 saturated carbocycles. The van der Waals surface area contributed by atoms with E-state index in [0.29, 0.717) is 6.42 Å². The normalized spacial score (nSPS) is 18.4. The Hall–Kier alpha value is -2.11. The number of likely N-dealkylation sites (tertiary alicyclic amines) is 1. The van der Waals surface area contributed by atoms with Crippen LogP contribution in [0.5, 0.6) is 0 Å². The van der Waals surface area contributed by atoms with Crippen LogP contribution in [0.25, 0.3) is 11.3 Å². The Kier molecular flexibility index (Phi) is 4.24. The monoisotopic (exact) mass is 316 g/mol. The Morgan fingerprint density at radius 1 is 1.39 bits per heavy atom. The van der Waals surface area contributed by atoms with Gasteiger partial charge in [-0.15, -0.1) is 0 Å². The average Bonchev–Trinajstić information content (AvgIpc) is 3.10. The molecule has 3 heterocycles. The molecule has 0 bridgehead atoms. The maximum absolute atomic E-state index is 12.3. The topological polar surface area (TPSA) is 64.2 Å². The molecule has 6 nitrogen and oxygen atoms in total. The Balaban J connectivity index is 2.05. The van der Waals surface area contributed by atoms with Crippen LogP contribution in [0.1, 0.15) is 55.6 Å². The van der Waals surface area contributed by atoms with Crippen molar-refractivity contribution in [3.05, 3.63) is 23.1 Å². The predicted molar refractivity (Wildman–Crippen MR) is 86.8 cm³/mol. The van der Waals surface area contributed by atoms with Crippen molar-refractivity contribution in [2.45, 2.75) is 52.5 Å². The Bertz CT molecular complexity index is 716. The third-order valence-electron chi connectivity index (χ3n) is 4.70. The zero-order chi connectivity index (χ0) is 16.6. The highest BCUT2D eigenvalue weighted by Gasteiger charge is 2.32. The minimum absolute atomic E-state index is 0.0252. The highest BCUT2D eigenvalue weighted by molar-refractivity contribution is 5.77. The van der Waals surface area contributed by atoms with Crippen molar-refractivity contribution in [3.8, 4) is 11.3 Å². The van der Waals surface area contributed by atoms with Crippen molar-refractivity contribution in [2.75, 3.05) is 6.54 Å². The zero-order valence-electron chi connectivity index (χ0n) is 14.3. The Labute approximate surface area is 136 Å². The summed E-state index contributed by atoms with van der Waals surface area (Å²) in [5.74, 6) is 0.955. The molecule has 2 aromatic rings. The largest absolute Gasteiger partial charge is 0.356 e. The van der Waals surface area contributed by atoms with Crippen molar-refractivity contribution in [2.24, 2.45) is 7.05 Å². The van der Waals surface area contributed by atoms with Gasteiger partial charge in [-0.3, -0.25) is 9.48 Å². The van der Waals surface area contributed by atoms with Crippen LogP contribution in [0.3, 0.4) is 0 Å². The lowest BCUT2D eigenvalue weighted by Crippen LogP contribution is -2.38.